The fourth-order valence-corrected chi connectivity index (χ4v) is 1.99. The zero-order valence-electron chi connectivity index (χ0n) is 11.8. The third-order valence-electron chi connectivity index (χ3n) is 3.07. The normalized spacial score (nSPS) is 14.7. The molecule has 2 rings (SSSR count). The Morgan fingerprint density at radius 2 is 2.00 bits per heavy atom. The number of carbonyl (C=O) groups is 2. The first-order valence-electron chi connectivity index (χ1n) is 6.78. The van der Waals surface area contributed by atoms with E-state index in [1.54, 1.807) is 0 Å². The number of urea groups is 1. The van der Waals surface area contributed by atoms with Gasteiger partial charge >= 0.3 is 6.03 Å². The Bertz CT molecular complexity index is 533. The number of hydrogen-bond donors (Lipinski definition) is 3. The predicted octanol–water partition coefficient (Wildman–Crippen LogP) is 0.693. The van der Waals surface area contributed by atoms with E-state index >= 15 is 0 Å². The molecule has 7 nitrogen and oxygen atoms in total. The van der Waals surface area contributed by atoms with Gasteiger partial charge in [-0.05, 0) is 24.6 Å². The number of fused-ring (bicyclic) bond motifs is 1. The number of nitrogens with one attached hydrogen (secondary N) is 2. The first-order valence-corrected chi connectivity index (χ1v) is 6.78. The highest BCUT2D eigenvalue weighted by Gasteiger charge is 2.15. The molecule has 1 aliphatic heterocycles. The van der Waals surface area contributed by atoms with Gasteiger partial charge in [-0.3, -0.25) is 4.79 Å². The van der Waals surface area contributed by atoms with Crippen LogP contribution in [0.3, 0.4) is 0 Å². The Morgan fingerprint density at radius 1 is 1.29 bits per heavy atom. The summed E-state index contributed by atoms with van der Waals surface area (Å²) in [6.07, 6.45) is 0.842. The quantitative estimate of drug-likeness (QED) is 0.760. The van der Waals surface area contributed by atoms with Crippen LogP contribution >= 0.6 is 0 Å². The van der Waals surface area contributed by atoms with Crippen molar-refractivity contribution in [1.29, 1.82) is 0 Å². The second kappa shape index (κ2) is 6.83. The van der Waals surface area contributed by atoms with Gasteiger partial charge < -0.3 is 25.8 Å². The first-order chi connectivity index (χ1) is 10.1. The Hall–Kier alpha value is -2.44. The smallest absolute Gasteiger partial charge is 0.312 e. The van der Waals surface area contributed by atoms with Crippen molar-refractivity contribution < 1.29 is 19.1 Å². The third-order valence-corrected chi connectivity index (χ3v) is 3.07. The summed E-state index contributed by atoms with van der Waals surface area (Å²) in [5, 5.41) is 5.01. The molecule has 1 aliphatic rings. The van der Waals surface area contributed by atoms with Crippen molar-refractivity contribution in [2.75, 3.05) is 19.8 Å². The van der Waals surface area contributed by atoms with Gasteiger partial charge in [-0.15, -0.1) is 0 Å². The lowest BCUT2D eigenvalue weighted by Crippen LogP contribution is -2.40. The third kappa shape index (κ3) is 4.27. The van der Waals surface area contributed by atoms with Crippen LogP contribution in [0, 0.1) is 0 Å². The van der Waals surface area contributed by atoms with E-state index in [2.05, 4.69) is 10.6 Å². The second-order valence-corrected chi connectivity index (χ2v) is 4.76. The summed E-state index contributed by atoms with van der Waals surface area (Å²) in [5.74, 6) is 1.08. The number of primary amides is 1. The van der Waals surface area contributed by atoms with Crippen LogP contribution in [0.1, 0.15) is 24.9 Å². The lowest BCUT2D eigenvalue weighted by molar-refractivity contribution is -0.120. The Balaban J connectivity index is 1.99. The molecule has 0 aromatic heterocycles. The molecular formula is C14H19N3O4. The molecule has 0 aliphatic carbocycles. The van der Waals surface area contributed by atoms with Gasteiger partial charge in [0, 0.05) is 6.42 Å². The number of ether oxygens (including phenoxy) is 2. The average molecular weight is 293 g/mol. The van der Waals surface area contributed by atoms with Crippen LogP contribution in [0.25, 0.3) is 0 Å². The van der Waals surface area contributed by atoms with Crippen LogP contribution < -0.4 is 25.8 Å². The molecule has 21 heavy (non-hydrogen) atoms. The molecule has 1 unspecified atom stereocenters. The predicted molar refractivity (Wildman–Crippen MR) is 76.2 cm³/mol. The van der Waals surface area contributed by atoms with Gasteiger partial charge in [0.15, 0.2) is 11.5 Å². The summed E-state index contributed by atoms with van der Waals surface area (Å²) in [6, 6.07) is 4.62. The van der Waals surface area contributed by atoms with Crippen molar-refractivity contribution in [2.24, 2.45) is 5.73 Å². The van der Waals surface area contributed by atoms with E-state index in [1.165, 1.54) is 0 Å². The fraction of sp³-hybridized carbons (Fsp3) is 0.429. The number of hydrogen-bond acceptors (Lipinski definition) is 4. The first kappa shape index (κ1) is 15.0. The number of rotatable bonds is 4. The molecule has 0 spiro atoms. The zero-order chi connectivity index (χ0) is 15.2. The van der Waals surface area contributed by atoms with Gasteiger partial charge in [-0.25, -0.2) is 4.79 Å². The molecule has 0 fully saturated rings. The van der Waals surface area contributed by atoms with E-state index in [1.807, 2.05) is 25.1 Å². The highest BCUT2D eigenvalue weighted by atomic mass is 16.5. The largest absolute Gasteiger partial charge is 0.490 e. The summed E-state index contributed by atoms with van der Waals surface area (Å²) in [4.78, 5) is 22.2. The summed E-state index contributed by atoms with van der Waals surface area (Å²) in [6.45, 7) is 2.95. The van der Waals surface area contributed by atoms with Crippen molar-refractivity contribution in [3.05, 3.63) is 23.8 Å². The number of carbonyl (C=O) groups excluding carboxylic acids is 2. The minimum atomic E-state index is -0.728. The van der Waals surface area contributed by atoms with Crippen molar-refractivity contribution in [3.8, 4) is 11.5 Å². The van der Waals surface area contributed by atoms with Gasteiger partial charge in [-0.2, -0.15) is 0 Å². The Kier molecular flexibility index (Phi) is 4.86. The van der Waals surface area contributed by atoms with Crippen molar-refractivity contribution in [2.45, 2.75) is 19.4 Å². The van der Waals surface area contributed by atoms with Crippen LogP contribution in [0.2, 0.25) is 0 Å². The monoisotopic (exact) mass is 293 g/mol. The molecule has 1 atom stereocenters. The van der Waals surface area contributed by atoms with Crippen LogP contribution in [-0.2, 0) is 4.79 Å². The standard InChI is InChI=1S/C14H19N3O4/c1-9(17-13(18)8-16-14(15)19)10-3-4-11-12(7-10)21-6-2-5-20-11/h3-4,7,9H,2,5-6,8H2,1H3,(H,17,18)(H3,15,16,19). The van der Waals surface area contributed by atoms with Crippen LogP contribution in [-0.4, -0.2) is 31.7 Å². The maximum absolute atomic E-state index is 11.6. The van der Waals surface area contributed by atoms with Crippen LogP contribution in [0.5, 0.6) is 11.5 Å². The molecule has 1 heterocycles. The molecule has 7 heteroatoms. The van der Waals surface area contributed by atoms with E-state index in [0.717, 1.165) is 12.0 Å². The fourth-order valence-electron chi connectivity index (χ4n) is 1.99. The average Bonchev–Trinajstić information content (AvgIpc) is 2.69. The molecule has 0 radical (unpaired) electrons. The molecular weight excluding hydrogens is 274 g/mol. The number of benzene rings is 1. The van der Waals surface area contributed by atoms with Crippen LogP contribution in [0.15, 0.2) is 18.2 Å². The molecule has 1 aromatic carbocycles. The lowest BCUT2D eigenvalue weighted by atomic mass is 10.1. The maximum Gasteiger partial charge on any atom is 0.312 e. The molecule has 3 amide bonds. The van der Waals surface area contributed by atoms with E-state index in [4.69, 9.17) is 15.2 Å². The van der Waals surface area contributed by atoms with E-state index in [0.29, 0.717) is 24.7 Å². The second-order valence-electron chi connectivity index (χ2n) is 4.76. The Morgan fingerprint density at radius 3 is 2.71 bits per heavy atom. The summed E-state index contributed by atoms with van der Waals surface area (Å²) < 4.78 is 11.2. The molecule has 114 valence electrons. The van der Waals surface area contributed by atoms with Crippen molar-refractivity contribution in [1.82, 2.24) is 10.6 Å². The number of nitrogens with two attached hydrogens (primary N) is 1. The molecule has 0 saturated heterocycles. The van der Waals surface area contributed by atoms with Gasteiger partial charge in [0.2, 0.25) is 5.91 Å². The van der Waals surface area contributed by atoms with Crippen molar-refractivity contribution >= 4 is 11.9 Å². The minimum Gasteiger partial charge on any atom is -0.490 e. The molecule has 1 aromatic rings. The van der Waals surface area contributed by atoms with E-state index < -0.39 is 6.03 Å². The van der Waals surface area contributed by atoms with Gasteiger partial charge in [-0.1, -0.05) is 6.07 Å². The molecule has 4 N–H and O–H groups in total. The van der Waals surface area contributed by atoms with Gasteiger partial charge in [0.05, 0.1) is 25.8 Å². The topological polar surface area (TPSA) is 103 Å². The van der Waals surface area contributed by atoms with E-state index in [-0.39, 0.29) is 18.5 Å². The van der Waals surface area contributed by atoms with E-state index in [9.17, 15) is 9.59 Å². The zero-order valence-corrected chi connectivity index (χ0v) is 11.8. The lowest BCUT2D eigenvalue weighted by Gasteiger charge is -2.16. The molecule has 0 saturated carbocycles. The highest BCUT2D eigenvalue weighted by molar-refractivity contribution is 5.83. The van der Waals surface area contributed by atoms with Crippen LogP contribution in [0.4, 0.5) is 4.79 Å². The number of amides is 3. The molecule has 0 bridgehead atoms. The SMILES string of the molecule is CC(NC(=O)CNC(N)=O)c1ccc2c(c1)OCCCO2. The summed E-state index contributed by atoms with van der Waals surface area (Å²) in [5.41, 5.74) is 5.81. The Labute approximate surface area is 122 Å². The van der Waals surface area contributed by atoms with Gasteiger partial charge in [0.1, 0.15) is 0 Å². The maximum atomic E-state index is 11.6. The van der Waals surface area contributed by atoms with Crippen molar-refractivity contribution in [3.63, 3.8) is 0 Å². The summed E-state index contributed by atoms with van der Waals surface area (Å²) in [7, 11) is 0. The summed E-state index contributed by atoms with van der Waals surface area (Å²) >= 11 is 0. The van der Waals surface area contributed by atoms with Gasteiger partial charge in [0.25, 0.3) is 0 Å². The highest BCUT2D eigenvalue weighted by Crippen LogP contribution is 2.32. The minimum absolute atomic E-state index is 0.149.